The van der Waals surface area contributed by atoms with Gasteiger partial charge in [0.2, 0.25) is 0 Å². The Morgan fingerprint density at radius 1 is 0.587 bits per heavy atom. The molecule has 0 aliphatic heterocycles. The zero-order valence-electron chi connectivity index (χ0n) is 30.9. The van der Waals surface area contributed by atoms with Crippen molar-refractivity contribution in [3.05, 3.63) is 106 Å². The first-order valence-electron chi connectivity index (χ1n) is 15.8. The summed E-state index contributed by atoms with van der Waals surface area (Å²) in [5.74, 6) is 0. The molecule has 6 heteroatoms. The molecule has 0 bridgehead atoms. The first-order chi connectivity index (χ1) is 19.1. The fraction of sp³-hybridized carbons (Fsp3) is 0.450. The quantitative estimate of drug-likeness (QED) is 0.193. The molecule has 0 nitrogen and oxygen atoms in total. The van der Waals surface area contributed by atoms with Crippen LogP contribution in [-0.4, -0.2) is 16.1 Å². The van der Waals surface area contributed by atoms with Crippen LogP contribution in [0.2, 0.25) is 24.7 Å². The number of hydrogen-bond donors (Lipinski definition) is 0. The zero-order valence-corrected chi connectivity index (χ0v) is 36.7. The molecule has 2 atom stereocenters. The maximum atomic E-state index is 4.20. The zero-order chi connectivity index (χ0) is 31.6. The van der Waals surface area contributed by atoms with Crippen molar-refractivity contribution in [3.8, 4) is 0 Å². The van der Waals surface area contributed by atoms with Crippen molar-refractivity contribution in [3.63, 3.8) is 0 Å². The Morgan fingerprint density at radius 3 is 1.41 bits per heavy atom. The van der Waals surface area contributed by atoms with Crippen molar-refractivity contribution in [2.75, 3.05) is 0 Å². The summed E-state index contributed by atoms with van der Waals surface area (Å²) in [5.41, 5.74) is 9.78. The van der Waals surface area contributed by atoms with Crippen LogP contribution in [0.3, 0.4) is 0 Å². The molecule has 46 heavy (non-hydrogen) atoms. The smallest absolute Gasteiger partial charge is 1.00 e. The van der Waals surface area contributed by atoms with Crippen LogP contribution in [-0.2, 0) is 32.5 Å². The van der Waals surface area contributed by atoms with Crippen molar-refractivity contribution in [2.24, 2.45) is 0 Å². The van der Waals surface area contributed by atoms with E-state index < -0.39 is 16.1 Å². The summed E-state index contributed by atoms with van der Waals surface area (Å²) in [6, 6.07) is 24.9. The topological polar surface area (TPSA) is 0 Å². The molecular formula is C40H55Cl3Si2Ti. The fourth-order valence-corrected chi connectivity index (χ4v) is 14.6. The monoisotopic (exact) mass is 744 g/mol. The van der Waals surface area contributed by atoms with Crippen molar-refractivity contribution in [1.82, 2.24) is 0 Å². The van der Waals surface area contributed by atoms with Gasteiger partial charge in [-0.25, -0.2) is 5.57 Å². The van der Waals surface area contributed by atoms with Crippen LogP contribution in [0.5, 0.6) is 0 Å². The minimum Gasteiger partial charge on any atom is -1.00 e. The predicted octanol–water partition coefficient (Wildman–Crippen LogP) is -0.217. The van der Waals surface area contributed by atoms with E-state index in [0.717, 1.165) is 0 Å². The van der Waals surface area contributed by atoms with Gasteiger partial charge in [-0.2, -0.15) is 11.1 Å². The van der Waals surface area contributed by atoms with E-state index in [4.69, 9.17) is 0 Å². The number of halogens is 3. The van der Waals surface area contributed by atoms with Crippen LogP contribution < -0.4 is 58.0 Å². The molecule has 248 valence electrons. The summed E-state index contributed by atoms with van der Waals surface area (Å²) in [7, 11) is -4.39. The van der Waals surface area contributed by atoms with Crippen LogP contribution in [0.25, 0.3) is 0 Å². The van der Waals surface area contributed by atoms with E-state index in [0.29, 0.717) is 0 Å². The molecule has 4 rings (SSSR count). The Bertz CT molecular complexity index is 1550. The molecular weight excluding hydrogens is 691 g/mol. The van der Waals surface area contributed by atoms with Crippen LogP contribution in [0, 0.1) is 19.9 Å². The molecule has 0 fully saturated rings. The second-order valence-electron chi connectivity index (χ2n) is 16.4. The van der Waals surface area contributed by atoms with Crippen molar-refractivity contribution in [2.45, 2.75) is 119 Å². The third-order valence-electron chi connectivity index (χ3n) is 9.98. The molecule has 2 unspecified atom stereocenters. The van der Waals surface area contributed by atoms with Gasteiger partial charge < -0.3 is 37.2 Å². The van der Waals surface area contributed by atoms with Gasteiger partial charge in [-0.1, -0.05) is 164 Å². The molecule has 1 aliphatic carbocycles. The molecule has 3 aromatic carbocycles. The first-order valence-corrected chi connectivity index (χ1v) is 21.3. The molecule has 0 spiro atoms. The van der Waals surface area contributed by atoms with Gasteiger partial charge in [0.1, 0.15) is 8.07 Å². The van der Waals surface area contributed by atoms with Crippen LogP contribution in [0.4, 0.5) is 0 Å². The fourth-order valence-electron chi connectivity index (χ4n) is 7.08. The van der Waals surface area contributed by atoms with Gasteiger partial charge in [-0.3, -0.25) is 6.08 Å². The Kier molecular flexibility index (Phi) is 15.1. The van der Waals surface area contributed by atoms with Gasteiger partial charge >= 0.3 is 21.7 Å². The maximum absolute atomic E-state index is 4.20. The van der Waals surface area contributed by atoms with E-state index in [9.17, 15) is 0 Å². The number of aryl methyl sites for hydroxylation is 2. The van der Waals surface area contributed by atoms with Crippen LogP contribution in [0.15, 0.2) is 77.4 Å². The second kappa shape index (κ2) is 15.4. The normalized spacial score (nSPS) is 17.9. The Hall–Kier alpha value is -0.842. The number of hydrogen-bond acceptors (Lipinski definition) is 0. The summed E-state index contributed by atoms with van der Waals surface area (Å²) >= 11 is 0. The van der Waals surface area contributed by atoms with Gasteiger partial charge in [0.15, 0.2) is 0 Å². The molecule has 0 radical (unpaired) electrons. The molecule has 0 N–H and O–H groups in total. The Morgan fingerprint density at radius 2 is 1.02 bits per heavy atom. The predicted molar refractivity (Wildman–Crippen MR) is 193 cm³/mol. The van der Waals surface area contributed by atoms with E-state index in [1.54, 1.807) is 0 Å². The largest absolute Gasteiger partial charge is 4.00 e. The molecule has 1 aliphatic rings. The Labute approximate surface area is 317 Å². The Balaban J connectivity index is 0.00000506. The van der Waals surface area contributed by atoms with Crippen LogP contribution in [0.1, 0.15) is 91.5 Å². The molecule has 0 amide bonds. The third-order valence-corrected chi connectivity index (χ3v) is 17.5. The number of rotatable bonds is 5. The summed E-state index contributed by atoms with van der Waals surface area (Å²) in [4.78, 5) is 0. The molecule has 3 aromatic rings. The summed E-state index contributed by atoms with van der Waals surface area (Å²) < 4.78 is 0. The van der Waals surface area contributed by atoms with E-state index in [1.165, 1.54) is 59.7 Å². The van der Waals surface area contributed by atoms with Gasteiger partial charge in [-0.15, -0.1) is 6.92 Å². The molecule has 0 aromatic heterocycles. The van der Waals surface area contributed by atoms with Gasteiger partial charge in [0, 0.05) is 0 Å². The van der Waals surface area contributed by atoms with Crippen LogP contribution >= 0.6 is 0 Å². The summed E-state index contributed by atoms with van der Waals surface area (Å²) in [6.45, 7) is 35.7. The van der Waals surface area contributed by atoms with Gasteiger partial charge in [0.25, 0.3) is 0 Å². The van der Waals surface area contributed by atoms with E-state index in [1.807, 2.05) is 0 Å². The van der Waals surface area contributed by atoms with Crippen molar-refractivity contribution in [1.29, 1.82) is 0 Å². The summed E-state index contributed by atoms with van der Waals surface area (Å²) in [5, 5.41) is 5.80. The van der Waals surface area contributed by atoms with E-state index >= 15 is 0 Å². The third kappa shape index (κ3) is 8.13. The average Bonchev–Trinajstić information content (AvgIpc) is 3.05. The SMILES string of the molecule is CC1=[C-]C(C)([Si](c2cc(C)cc(C)c2)(c2cc(C(C)(C)C)cc(C(C)(C)C)c2)c2cccc([Si](C)(C)C)c2)C(C)=C1C.[Cl-].[Cl-].[Cl-].[Ti+4]. The minimum atomic E-state index is -2.82. The van der Waals surface area contributed by atoms with E-state index in [2.05, 4.69) is 169 Å². The molecule has 0 saturated carbocycles. The minimum absolute atomic E-state index is 0. The standard InChI is InChI=1S/C40H55Si2.3ClH.Ti/c1-27-19-28(2)21-36(20-27)42(40(12)26-29(3)30(4)31(40)5,35-18-16-17-34(25-35)41(13,14)15)37-23-32(38(6,7)8)22-33(24-37)39(9,10)11;;;;/h16-25H,1-15H3;3*1H;/q-1;;;;+4/p-3. The first kappa shape index (κ1) is 45.2. The van der Waals surface area contributed by atoms with Gasteiger partial charge in [0.05, 0.1) is 8.07 Å². The molecule has 0 heterocycles. The van der Waals surface area contributed by atoms with Gasteiger partial charge in [-0.05, 0) is 51.4 Å². The van der Waals surface area contributed by atoms with Crippen molar-refractivity contribution < 1.29 is 58.9 Å². The number of benzene rings is 3. The van der Waals surface area contributed by atoms with Crippen molar-refractivity contribution >= 4 is 36.9 Å². The second-order valence-corrected chi connectivity index (χ2v) is 25.7. The maximum Gasteiger partial charge on any atom is 4.00 e. The number of allylic oxidation sites excluding steroid dienone is 4. The molecule has 0 saturated heterocycles. The average molecular weight is 746 g/mol. The van der Waals surface area contributed by atoms with E-state index in [-0.39, 0.29) is 74.8 Å². The summed E-state index contributed by atoms with van der Waals surface area (Å²) in [6.07, 6.45) is 4.20.